The predicted molar refractivity (Wildman–Crippen MR) is 72.9 cm³/mol. The summed E-state index contributed by atoms with van der Waals surface area (Å²) in [5, 5.41) is 2.88. The van der Waals surface area contributed by atoms with Crippen LogP contribution in [0.1, 0.15) is 30.9 Å². The van der Waals surface area contributed by atoms with Crippen LogP contribution in [0.15, 0.2) is 30.3 Å². The van der Waals surface area contributed by atoms with E-state index in [4.69, 9.17) is 4.74 Å². The normalized spacial score (nSPS) is 19.4. The van der Waals surface area contributed by atoms with Gasteiger partial charge in [-0.15, -0.1) is 0 Å². The minimum Gasteiger partial charge on any atom is -0.469 e. The number of ether oxygens (including phenoxy) is 2. The first kappa shape index (κ1) is 14.5. The summed E-state index contributed by atoms with van der Waals surface area (Å²) in [6.45, 7) is 0.616. The highest BCUT2D eigenvalue weighted by Gasteiger charge is 2.27. The monoisotopic (exact) mass is 277 g/mol. The SMILES string of the molecule is COC(=O)CC(NC(=O)C1CCCO1)c1ccccc1. The van der Waals surface area contributed by atoms with Crippen molar-refractivity contribution >= 4 is 11.9 Å². The zero-order chi connectivity index (χ0) is 14.4. The van der Waals surface area contributed by atoms with Crippen LogP contribution < -0.4 is 5.32 Å². The molecule has 1 aromatic carbocycles. The summed E-state index contributed by atoms with van der Waals surface area (Å²) in [6, 6.07) is 9.00. The summed E-state index contributed by atoms with van der Waals surface area (Å²) < 4.78 is 10.0. The molecule has 1 aliphatic heterocycles. The number of carbonyl (C=O) groups excluding carboxylic acids is 2. The molecule has 5 heteroatoms. The summed E-state index contributed by atoms with van der Waals surface area (Å²) in [7, 11) is 1.34. The molecule has 5 nitrogen and oxygen atoms in total. The second-order valence-electron chi connectivity index (χ2n) is 4.75. The van der Waals surface area contributed by atoms with E-state index in [9.17, 15) is 9.59 Å². The molecule has 0 saturated carbocycles. The lowest BCUT2D eigenvalue weighted by atomic mass is 10.0. The van der Waals surface area contributed by atoms with Gasteiger partial charge >= 0.3 is 5.97 Å². The third-order valence-electron chi connectivity index (χ3n) is 3.34. The van der Waals surface area contributed by atoms with Crippen LogP contribution in [0, 0.1) is 0 Å². The minimum atomic E-state index is -0.404. The van der Waals surface area contributed by atoms with Crippen LogP contribution in [0.5, 0.6) is 0 Å². The van der Waals surface area contributed by atoms with E-state index in [1.807, 2.05) is 30.3 Å². The standard InChI is InChI=1S/C15H19NO4/c1-19-14(17)10-12(11-6-3-2-4-7-11)16-15(18)13-8-5-9-20-13/h2-4,6-7,12-13H,5,8-10H2,1H3,(H,16,18). The van der Waals surface area contributed by atoms with Crippen molar-refractivity contribution in [2.75, 3.05) is 13.7 Å². The fourth-order valence-corrected chi connectivity index (χ4v) is 2.24. The van der Waals surface area contributed by atoms with Crippen LogP contribution in [-0.2, 0) is 19.1 Å². The first-order chi connectivity index (χ1) is 9.70. The Labute approximate surface area is 118 Å². The van der Waals surface area contributed by atoms with Gasteiger partial charge in [0.05, 0.1) is 19.6 Å². The van der Waals surface area contributed by atoms with E-state index < -0.39 is 6.10 Å². The van der Waals surface area contributed by atoms with Gasteiger partial charge in [-0.2, -0.15) is 0 Å². The van der Waals surface area contributed by atoms with Crippen LogP contribution in [0.3, 0.4) is 0 Å². The largest absolute Gasteiger partial charge is 0.469 e. The van der Waals surface area contributed by atoms with Crippen LogP contribution in [0.4, 0.5) is 0 Å². The number of carbonyl (C=O) groups is 2. The van der Waals surface area contributed by atoms with Gasteiger partial charge in [0.25, 0.3) is 0 Å². The Balaban J connectivity index is 2.06. The van der Waals surface area contributed by atoms with Crippen LogP contribution in [0.25, 0.3) is 0 Å². The second-order valence-corrected chi connectivity index (χ2v) is 4.75. The van der Waals surface area contributed by atoms with Crippen molar-refractivity contribution in [3.8, 4) is 0 Å². The number of esters is 1. The number of amides is 1. The van der Waals surface area contributed by atoms with E-state index in [1.165, 1.54) is 7.11 Å². The summed E-state index contributed by atoms with van der Waals surface area (Å²) in [5.74, 6) is -0.522. The molecule has 0 radical (unpaired) electrons. The first-order valence-corrected chi connectivity index (χ1v) is 6.74. The summed E-state index contributed by atoms with van der Waals surface area (Å²) >= 11 is 0. The fourth-order valence-electron chi connectivity index (χ4n) is 2.24. The highest BCUT2D eigenvalue weighted by atomic mass is 16.5. The van der Waals surface area contributed by atoms with E-state index in [-0.39, 0.29) is 24.3 Å². The van der Waals surface area contributed by atoms with E-state index in [0.29, 0.717) is 6.61 Å². The predicted octanol–water partition coefficient (Wildman–Crippen LogP) is 1.59. The number of benzene rings is 1. The van der Waals surface area contributed by atoms with Crippen molar-refractivity contribution < 1.29 is 19.1 Å². The van der Waals surface area contributed by atoms with Crippen molar-refractivity contribution in [2.45, 2.75) is 31.4 Å². The van der Waals surface area contributed by atoms with Gasteiger partial charge in [-0.1, -0.05) is 30.3 Å². The molecule has 1 aromatic rings. The maximum absolute atomic E-state index is 12.1. The number of hydrogen-bond donors (Lipinski definition) is 1. The Hall–Kier alpha value is -1.88. The Morgan fingerprint density at radius 3 is 2.75 bits per heavy atom. The maximum atomic E-state index is 12.1. The van der Waals surface area contributed by atoms with Gasteiger partial charge < -0.3 is 14.8 Å². The molecule has 1 amide bonds. The quantitative estimate of drug-likeness (QED) is 0.830. The molecular weight excluding hydrogens is 258 g/mol. The zero-order valence-electron chi connectivity index (χ0n) is 11.5. The Morgan fingerprint density at radius 2 is 2.15 bits per heavy atom. The van der Waals surface area contributed by atoms with Gasteiger partial charge in [0.2, 0.25) is 5.91 Å². The van der Waals surface area contributed by atoms with Gasteiger partial charge in [-0.25, -0.2) is 0 Å². The van der Waals surface area contributed by atoms with E-state index in [1.54, 1.807) is 0 Å². The molecule has 0 bridgehead atoms. The molecular formula is C15H19NO4. The van der Waals surface area contributed by atoms with E-state index in [0.717, 1.165) is 18.4 Å². The Morgan fingerprint density at radius 1 is 1.40 bits per heavy atom. The molecule has 1 aliphatic rings. The molecule has 2 unspecified atom stereocenters. The highest BCUT2D eigenvalue weighted by Crippen LogP contribution is 2.19. The van der Waals surface area contributed by atoms with Crippen molar-refractivity contribution in [1.29, 1.82) is 0 Å². The number of nitrogens with one attached hydrogen (secondary N) is 1. The average molecular weight is 277 g/mol. The summed E-state index contributed by atoms with van der Waals surface area (Å²) in [4.78, 5) is 23.6. The number of methoxy groups -OCH3 is 1. The highest BCUT2D eigenvalue weighted by molar-refractivity contribution is 5.82. The molecule has 0 aliphatic carbocycles. The van der Waals surface area contributed by atoms with Crippen LogP contribution in [0.2, 0.25) is 0 Å². The minimum absolute atomic E-state index is 0.110. The van der Waals surface area contributed by atoms with Gasteiger partial charge in [0, 0.05) is 6.61 Å². The van der Waals surface area contributed by atoms with E-state index in [2.05, 4.69) is 10.1 Å². The first-order valence-electron chi connectivity index (χ1n) is 6.74. The average Bonchev–Trinajstić information content (AvgIpc) is 3.01. The zero-order valence-corrected chi connectivity index (χ0v) is 11.5. The number of hydrogen-bond acceptors (Lipinski definition) is 4. The van der Waals surface area contributed by atoms with Crippen LogP contribution in [-0.4, -0.2) is 31.7 Å². The molecule has 2 atom stereocenters. The third kappa shape index (κ3) is 3.81. The second kappa shape index (κ2) is 7.05. The third-order valence-corrected chi connectivity index (χ3v) is 3.34. The van der Waals surface area contributed by atoms with Gasteiger partial charge in [0.1, 0.15) is 6.10 Å². The van der Waals surface area contributed by atoms with Gasteiger partial charge in [0.15, 0.2) is 0 Å². The van der Waals surface area contributed by atoms with Crippen molar-refractivity contribution in [3.05, 3.63) is 35.9 Å². The van der Waals surface area contributed by atoms with Crippen molar-refractivity contribution in [2.24, 2.45) is 0 Å². The Kier molecular flexibility index (Phi) is 5.12. The molecule has 1 fully saturated rings. The molecule has 2 rings (SSSR count). The van der Waals surface area contributed by atoms with Crippen LogP contribution >= 0.6 is 0 Å². The lowest BCUT2D eigenvalue weighted by Crippen LogP contribution is -2.37. The molecule has 20 heavy (non-hydrogen) atoms. The summed E-state index contributed by atoms with van der Waals surface area (Å²) in [5.41, 5.74) is 0.879. The molecule has 1 saturated heterocycles. The molecule has 108 valence electrons. The molecule has 0 spiro atoms. The van der Waals surface area contributed by atoms with Gasteiger partial charge in [-0.3, -0.25) is 9.59 Å². The van der Waals surface area contributed by atoms with E-state index >= 15 is 0 Å². The maximum Gasteiger partial charge on any atom is 0.307 e. The lowest BCUT2D eigenvalue weighted by molar-refractivity contribution is -0.141. The van der Waals surface area contributed by atoms with Crippen molar-refractivity contribution in [1.82, 2.24) is 5.32 Å². The fraction of sp³-hybridized carbons (Fsp3) is 0.467. The van der Waals surface area contributed by atoms with Crippen molar-refractivity contribution in [3.63, 3.8) is 0 Å². The smallest absolute Gasteiger partial charge is 0.307 e. The Bertz CT molecular complexity index is 454. The topological polar surface area (TPSA) is 64.6 Å². The molecule has 1 N–H and O–H groups in total. The molecule has 1 heterocycles. The van der Waals surface area contributed by atoms with Gasteiger partial charge in [-0.05, 0) is 18.4 Å². The number of rotatable bonds is 5. The lowest BCUT2D eigenvalue weighted by Gasteiger charge is -2.20. The molecule has 0 aromatic heterocycles. The summed E-state index contributed by atoms with van der Waals surface area (Å²) in [6.07, 6.45) is 1.33.